The van der Waals surface area contributed by atoms with Crippen molar-refractivity contribution in [3.05, 3.63) is 58.1 Å². The number of Topliss-reactive ketones (excluding diaryl/α,β-unsaturated/α-hetero) is 1. The molecule has 9 nitrogen and oxygen atoms in total. The SMILES string of the molecule is CCOc1cc2c(cc1C(=O)NC)C(=N)N(CC(=O)c1ccc(N(C)CC(=O)O)c(C(C)(C)C)c1)C2. The Morgan fingerprint density at radius 3 is 2.47 bits per heavy atom. The number of fused-ring (bicyclic) bond motifs is 1. The fraction of sp³-hybridized carbons (Fsp3) is 0.407. The summed E-state index contributed by atoms with van der Waals surface area (Å²) in [6.07, 6.45) is 0. The molecule has 0 unspecified atom stereocenters. The number of likely N-dealkylation sites (N-methyl/N-ethyl adjacent to an activating group) is 1. The van der Waals surface area contributed by atoms with E-state index in [9.17, 15) is 19.5 Å². The average Bonchev–Trinajstić information content (AvgIpc) is 3.10. The molecule has 2 aromatic rings. The Morgan fingerprint density at radius 1 is 1.19 bits per heavy atom. The lowest BCUT2D eigenvalue weighted by molar-refractivity contribution is -0.135. The smallest absolute Gasteiger partial charge is 0.323 e. The summed E-state index contributed by atoms with van der Waals surface area (Å²) in [5.41, 5.74) is 3.59. The van der Waals surface area contributed by atoms with Crippen LogP contribution in [0.15, 0.2) is 30.3 Å². The van der Waals surface area contributed by atoms with Gasteiger partial charge >= 0.3 is 5.97 Å². The number of nitrogens with one attached hydrogen (secondary N) is 2. The molecule has 0 saturated carbocycles. The van der Waals surface area contributed by atoms with Crippen LogP contribution in [-0.4, -0.2) is 67.3 Å². The van der Waals surface area contributed by atoms with Crippen molar-refractivity contribution < 1.29 is 24.2 Å². The topological polar surface area (TPSA) is 123 Å². The summed E-state index contributed by atoms with van der Waals surface area (Å²) in [6.45, 7) is 8.49. The number of anilines is 1. The van der Waals surface area contributed by atoms with Crippen LogP contribution < -0.4 is 15.0 Å². The molecular weight excluding hydrogens is 460 g/mol. The lowest BCUT2D eigenvalue weighted by atomic mass is 9.84. The normalized spacial score (nSPS) is 12.8. The summed E-state index contributed by atoms with van der Waals surface area (Å²) < 4.78 is 5.65. The highest BCUT2D eigenvalue weighted by atomic mass is 16.5. The van der Waals surface area contributed by atoms with E-state index in [0.717, 1.165) is 16.8 Å². The maximum atomic E-state index is 13.3. The minimum Gasteiger partial charge on any atom is -0.493 e. The van der Waals surface area contributed by atoms with Crippen molar-refractivity contribution >= 4 is 29.2 Å². The average molecular weight is 495 g/mol. The number of rotatable bonds is 9. The second-order valence-corrected chi connectivity index (χ2v) is 9.88. The third-order valence-corrected chi connectivity index (χ3v) is 6.15. The number of benzene rings is 2. The minimum atomic E-state index is -0.934. The number of aliphatic carboxylic acids is 1. The minimum absolute atomic E-state index is 0.000678. The number of nitrogens with zero attached hydrogens (tertiary/aromatic N) is 2. The number of amidine groups is 1. The first kappa shape index (κ1) is 26.7. The van der Waals surface area contributed by atoms with Crippen LogP contribution in [0.4, 0.5) is 5.69 Å². The van der Waals surface area contributed by atoms with Gasteiger partial charge in [-0.3, -0.25) is 19.8 Å². The highest BCUT2D eigenvalue weighted by Crippen LogP contribution is 2.34. The van der Waals surface area contributed by atoms with E-state index in [2.05, 4.69) is 5.32 Å². The Labute approximate surface area is 211 Å². The van der Waals surface area contributed by atoms with Crippen LogP contribution in [0.25, 0.3) is 0 Å². The van der Waals surface area contributed by atoms with Crippen LogP contribution in [0.1, 0.15) is 65.1 Å². The molecule has 0 radical (unpaired) electrons. The van der Waals surface area contributed by atoms with E-state index < -0.39 is 5.97 Å². The fourth-order valence-electron chi connectivity index (χ4n) is 4.35. The van der Waals surface area contributed by atoms with Gasteiger partial charge in [-0.2, -0.15) is 0 Å². The van der Waals surface area contributed by atoms with Gasteiger partial charge in [-0.1, -0.05) is 20.8 Å². The molecule has 0 aromatic heterocycles. The number of carbonyl (C=O) groups is 3. The monoisotopic (exact) mass is 494 g/mol. The maximum absolute atomic E-state index is 13.3. The number of hydrogen-bond acceptors (Lipinski definition) is 6. The predicted octanol–water partition coefficient (Wildman–Crippen LogP) is 3.29. The summed E-state index contributed by atoms with van der Waals surface area (Å²) in [6, 6.07) is 8.73. The van der Waals surface area contributed by atoms with Gasteiger partial charge in [-0.25, -0.2) is 0 Å². The molecule has 0 fully saturated rings. The van der Waals surface area contributed by atoms with E-state index in [4.69, 9.17) is 10.1 Å². The van der Waals surface area contributed by atoms with E-state index in [1.807, 2.05) is 33.8 Å². The molecule has 0 aliphatic carbocycles. The zero-order chi connectivity index (χ0) is 26.8. The molecular formula is C27H34N4O5. The van der Waals surface area contributed by atoms with Crippen molar-refractivity contribution in [1.82, 2.24) is 10.2 Å². The molecule has 1 aliphatic heterocycles. The van der Waals surface area contributed by atoms with E-state index in [1.165, 1.54) is 7.05 Å². The molecule has 36 heavy (non-hydrogen) atoms. The zero-order valence-corrected chi connectivity index (χ0v) is 21.7. The van der Waals surface area contributed by atoms with Gasteiger partial charge in [-0.15, -0.1) is 0 Å². The van der Waals surface area contributed by atoms with E-state index in [1.54, 1.807) is 41.1 Å². The molecule has 0 saturated heterocycles. The van der Waals surface area contributed by atoms with Gasteiger partial charge in [0.25, 0.3) is 5.91 Å². The van der Waals surface area contributed by atoms with Crippen molar-refractivity contribution in [2.45, 2.75) is 39.7 Å². The molecule has 0 bridgehead atoms. The largest absolute Gasteiger partial charge is 0.493 e. The van der Waals surface area contributed by atoms with Crippen molar-refractivity contribution in [1.29, 1.82) is 5.41 Å². The fourth-order valence-corrected chi connectivity index (χ4v) is 4.35. The lowest BCUT2D eigenvalue weighted by Gasteiger charge is -2.28. The molecule has 192 valence electrons. The highest BCUT2D eigenvalue weighted by Gasteiger charge is 2.30. The Hall–Kier alpha value is -3.88. The van der Waals surface area contributed by atoms with Gasteiger partial charge in [0.2, 0.25) is 0 Å². The summed E-state index contributed by atoms with van der Waals surface area (Å²) in [7, 11) is 3.25. The van der Waals surface area contributed by atoms with Gasteiger partial charge in [0.1, 0.15) is 18.1 Å². The van der Waals surface area contributed by atoms with Crippen LogP contribution in [0, 0.1) is 5.41 Å². The van der Waals surface area contributed by atoms with Gasteiger partial charge < -0.3 is 25.0 Å². The second-order valence-electron chi connectivity index (χ2n) is 9.88. The Kier molecular flexibility index (Phi) is 7.71. The van der Waals surface area contributed by atoms with Crippen LogP contribution in [0.5, 0.6) is 5.75 Å². The second kappa shape index (κ2) is 10.4. The number of carboxylic acid groups (broad SMARTS) is 1. The first-order valence-corrected chi connectivity index (χ1v) is 11.8. The predicted molar refractivity (Wildman–Crippen MR) is 139 cm³/mol. The molecule has 2 aromatic carbocycles. The van der Waals surface area contributed by atoms with Crippen LogP contribution in [-0.2, 0) is 16.8 Å². The van der Waals surface area contributed by atoms with Crippen molar-refractivity contribution in [2.75, 3.05) is 38.7 Å². The summed E-state index contributed by atoms with van der Waals surface area (Å²) in [5.74, 6) is -0.752. The number of ketones is 1. The molecule has 3 N–H and O–H groups in total. The van der Waals surface area contributed by atoms with Gasteiger partial charge in [-0.05, 0) is 53.8 Å². The van der Waals surface area contributed by atoms with Gasteiger partial charge in [0, 0.05) is 37.5 Å². The molecule has 1 aliphatic rings. The van der Waals surface area contributed by atoms with E-state index in [0.29, 0.717) is 35.6 Å². The molecule has 0 spiro atoms. The Bertz CT molecular complexity index is 1220. The number of hydrogen-bond donors (Lipinski definition) is 3. The molecule has 3 rings (SSSR count). The van der Waals surface area contributed by atoms with Gasteiger partial charge in [0.05, 0.1) is 18.7 Å². The first-order valence-electron chi connectivity index (χ1n) is 11.8. The summed E-state index contributed by atoms with van der Waals surface area (Å²) >= 11 is 0. The highest BCUT2D eigenvalue weighted by molar-refractivity contribution is 6.07. The first-order chi connectivity index (χ1) is 16.9. The molecule has 1 amide bonds. The standard InChI is InChI=1S/C27H34N4O5/c1-7-36-23-11-17-13-31(25(28)18(17)12-19(23)26(35)29-5)14-22(32)16-8-9-21(30(6)15-24(33)34)20(10-16)27(2,3)4/h8-12,28H,7,13-15H2,1-6H3,(H,29,35)(H,33,34). The third-order valence-electron chi connectivity index (χ3n) is 6.15. The van der Waals surface area contributed by atoms with Crippen LogP contribution in [0.2, 0.25) is 0 Å². The zero-order valence-electron chi connectivity index (χ0n) is 21.7. The number of carboxylic acids is 1. The molecule has 9 heteroatoms. The van der Waals surface area contributed by atoms with Crippen LogP contribution >= 0.6 is 0 Å². The quantitative estimate of drug-likeness (QED) is 0.457. The number of carbonyl (C=O) groups excluding carboxylic acids is 2. The molecule has 0 atom stereocenters. The maximum Gasteiger partial charge on any atom is 0.323 e. The third kappa shape index (κ3) is 5.50. The van der Waals surface area contributed by atoms with E-state index in [-0.39, 0.29) is 36.0 Å². The summed E-state index contributed by atoms with van der Waals surface area (Å²) in [4.78, 5) is 40.2. The van der Waals surface area contributed by atoms with Gasteiger partial charge in [0.15, 0.2) is 5.78 Å². The number of amides is 1. The van der Waals surface area contributed by atoms with E-state index >= 15 is 0 Å². The van der Waals surface area contributed by atoms with Crippen LogP contribution in [0.3, 0.4) is 0 Å². The number of ether oxygens (including phenoxy) is 1. The van der Waals surface area contributed by atoms with Crippen molar-refractivity contribution in [3.63, 3.8) is 0 Å². The summed E-state index contributed by atoms with van der Waals surface area (Å²) in [5, 5.41) is 20.4. The Balaban J connectivity index is 1.87. The lowest BCUT2D eigenvalue weighted by Crippen LogP contribution is -2.31. The van der Waals surface area contributed by atoms with Crippen molar-refractivity contribution in [2.24, 2.45) is 0 Å². The molecule has 1 heterocycles. The van der Waals surface area contributed by atoms with Crippen molar-refractivity contribution in [3.8, 4) is 5.75 Å². The Morgan fingerprint density at radius 2 is 1.89 bits per heavy atom.